The lowest BCUT2D eigenvalue weighted by atomic mass is 10.1. The van der Waals surface area contributed by atoms with E-state index in [1.807, 2.05) is 19.2 Å². The van der Waals surface area contributed by atoms with Crippen molar-refractivity contribution in [2.45, 2.75) is 12.8 Å². The Morgan fingerprint density at radius 2 is 2.25 bits per heavy atom. The lowest BCUT2D eigenvalue weighted by molar-refractivity contribution is 0.112. The van der Waals surface area contributed by atoms with Gasteiger partial charge in [0.15, 0.2) is 6.29 Å². The van der Waals surface area contributed by atoms with Gasteiger partial charge in [-0.05, 0) is 31.0 Å². The van der Waals surface area contributed by atoms with Gasteiger partial charge in [0.05, 0.1) is 0 Å². The summed E-state index contributed by atoms with van der Waals surface area (Å²) in [5.41, 5.74) is 1.55. The third kappa shape index (κ3) is 3.38. The Morgan fingerprint density at radius 1 is 1.50 bits per heavy atom. The zero-order valence-corrected chi connectivity index (χ0v) is 10.2. The highest BCUT2D eigenvalue weighted by Crippen LogP contribution is 2.22. The van der Waals surface area contributed by atoms with Gasteiger partial charge >= 0.3 is 0 Å². The Morgan fingerprint density at radius 3 is 2.88 bits per heavy atom. The maximum Gasteiger partial charge on any atom is 0.152 e. The number of hydrogen-bond donors (Lipinski definition) is 0. The number of carbonyl (C=O) groups excluding carboxylic acids is 1. The average Bonchev–Trinajstić information content (AvgIpc) is 2.29. The minimum absolute atomic E-state index is 0.588. The van der Waals surface area contributed by atoms with Crippen LogP contribution in [0.15, 0.2) is 30.9 Å². The molecule has 0 unspecified atom stereocenters. The maximum atomic E-state index is 10.9. The van der Waals surface area contributed by atoms with E-state index in [0.717, 1.165) is 31.4 Å². The van der Waals surface area contributed by atoms with Crippen LogP contribution >= 0.6 is 11.6 Å². The summed E-state index contributed by atoms with van der Waals surface area (Å²) in [4.78, 5) is 13.0. The molecule has 86 valence electrons. The number of hydrogen-bond acceptors (Lipinski definition) is 2. The SMILES string of the molecule is C=CCCCN(C)c1ccc(Cl)cc1C=O. The molecule has 0 radical (unpaired) electrons. The summed E-state index contributed by atoms with van der Waals surface area (Å²) in [5.74, 6) is 0. The first-order valence-electron chi connectivity index (χ1n) is 5.25. The van der Waals surface area contributed by atoms with Crippen LogP contribution in [0.4, 0.5) is 5.69 Å². The van der Waals surface area contributed by atoms with Crippen molar-refractivity contribution >= 4 is 23.6 Å². The highest BCUT2D eigenvalue weighted by atomic mass is 35.5. The number of nitrogens with zero attached hydrogens (tertiary/aromatic N) is 1. The van der Waals surface area contributed by atoms with Crippen LogP contribution in [0.2, 0.25) is 5.02 Å². The Labute approximate surface area is 102 Å². The smallest absolute Gasteiger partial charge is 0.152 e. The summed E-state index contributed by atoms with van der Waals surface area (Å²) in [6, 6.07) is 5.36. The van der Waals surface area contributed by atoms with Crippen molar-refractivity contribution in [3.8, 4) is 0 Å². The molecular weight excluding hydrogens is 222 g/mol. The fourth-order valence-electron chi connectivity index (χ4n) is 1.56. The van der Waals surface area contributed by atoms with E-state index in [2.05, 4.69) is 11.5 Å². The average molecular weight is 238 g/mol. The van der Waals surface area contributed by atoms with Crippen LogP contribution < -0.4 is 4.90 Å². The number of benzene rings is 1. The van der Waals surface area contributed by atoms with Crippen LogP contribution in [0.5, 0.6) is 0 Å². The molecule has 1 aromatic carbocycles. The molecule has 0 amide bonds. The largest absolute Gasteiger partial charge is 0.374 e. The van der Waals surface area contributed by atoms with Crippen molar-refractivity contribution in [3.63, 3.8) is 0 Å². The van der Waals surface area contributed by atoms with Gasteiger partial charge in [0, 0.05) is 29.9 Å². The lowest BCUT2D eigenvalue weighted by Crippen LogP contribution is -2.19. The summed E-state index contributed by atoms with van der Waals surface area (Å²) < 4.78 is 0. The number of allylic oxidation sites excluding steroid dienone is 1. The normalized spacial score (nSPS) is 9.88. The van der Waals surface area contributed by atoms with E-state index in [1.165, 1.54) is 0 Å². The molecule has 0 saturated heterocycles. The molecule has 0 bridgehead atoms. The molecule has 0 fully saturated rings. The van der Waals surface area contributed by atoms with Crippen molar-refractivity contribution in [1.82, 2.24) is 0 Å². The van der Waals surface area contributed by atoms with E-state index in [9.17, 15) is 4.79 Å². The maximum absolute atomic E-state index is 10.9. The van der Waals surface area contributed by atoms with Gasteiger partial charge in [0.25, 0.3) is 0 Å². The second kappa shape index (κ2) is 6.33. The van der Waals surface area contributed by atoms with Crippen LogP contribution in [0, 0.1) is 0 Å². The number of aldehydes is 1. The molecule has 0 spiro atoms. The van der Waals surface area contributed by atoms with Crippen LogP contribution in [-0.4, -0.2) is 19.9 Å². The molecule has 0 atom stereocenters. The van der Waals surface area contributed by atoms with Gasteiger partial charge in [-0.2, -0.15) is 0 Å². The summed E-state index contributed by atoms with van der Waals surface area (Å²) in [6.07, 6.45) is 4.75. The molecule has 0 heterocycles. The van der Waals surface area contributed by atoms with E-state index >= 15 is 0 Å². The van der Waals surface area contributed by atoms with E-state index in [1.54, 1.807) is 12.1 Å². The van der Waals surface area contributed by atoms with E-state index in [4.69, 9.17) is 11.6 Å². The number of anilines is 1. The third-order valence-electron chi connectivity index (χ3n) is 2.43. The molecule has 0 aliphatic carbocycles. The Balaban J connectivity index is 2.77. The topological polar surface area (TPSA) is 20.3 Å². The summed E-state index contributed by atoms with van der Waals surface area (Å²) in [7, 11) is 1.97. The molecule has 0 aliphatic rings. The molecule has 0 saturated carbocycles. The standard InChI is InChI=1S/C13H16ClNO/c1-3-4-5-8-15(2)13-7-6-12(14)9-11(13)10-16/h3,6-7,9-10H,1,4-5,8H2,2H3. The van der Waals surface area contributed by atoms with Crippen LogP contribution in [0.3, 0.4) is 0 Å². The first-order valence-corrected chi connectivity index (χ1v) is 5.63. The van der Waals surface area contributed by atoms with E-state index < -0.39 is 0 Å². The zero-order chi connectivity index (χ0) is 12.0. The second-order valence-electron chi connectivity index (χ2n) is 3.67. The molecule has 2 nitrogen and oxygen atoms in total. The van der Waals surface area contributed by atoms with Crippen molar-refractivity contribution in [2.24, 2.45) is 0 Å². The van der Waals surface area contributed by atoms with Crippen molar-refractivity contribution in [2.75, 3.05) is 18.5 Å². The zero-order valence-electron chi connectivity index (χ0n) is 9.45. The van der Waals surface area contributed by atoms with Gasteiger partial charge in [-0.3, -0.25) is 4.79 Å². The van der Waals surface area contributed by atoms with E-state index in [-0.39, 0.29) is 0 Å². The molecule has 16 heavy (non-hydrogen) atoms. The summed E-state index contributed by atoms with van der Waals surface area (Å²) in [6.45, 7) is 4.58. The minimum atomic E-state index is 0.588. The Kier molecular flexibility index (Phi) is 5.06. The molecule has 0 aromatic heterocycles. The molecule has 1 rings (SSSR count). The molecule has 1 aromatic rings. The monoisotopic (exact) mass is 237 g/mol. The molecule has 3 heteroatoms. The van der Waals surface area contributed by atoms with Gasteiger partial charge in [-0.1, -0.05) is 17.7 Å². The highest BCUT2D eigenvalue weighted by Gasteiger charge is 2.06. The number of rotatable bonds is 6. The lowest BCUT2D eigenvalue weighted by Gasteiger charge is -2.20. The van der Waals surface area contributed by atoms with Gasteiger partial charge < -0.3 is 4.90 Å². The van der Waals surface area contributed by atoms with Crippen molar-refractivity contribution in [3.05, 3.63) is 41.4 Å². The van der Waals surface area contributed by atoms with Crippen molar-refractivity contribution in [1.29, 1.82) is 0 Å². The fourth-order valence-corrected chi connectivity index (χ4v) is 1.74. The number of carbonyl (C=O) groups is 1. The molecular formula is C13H16ClNO. The predicted molar refractivity (Wildman–Crippen MR) is 69.5 cm³/mol. The minimum Gasteiger partial charge on any atom is -0.374 e. The van der Waals surface area contributed by atoms with Crippen LogP contribution in [0.1, 0.15) is 23.2 Å². The highest BCUT2D eigenvalue weighted by molar-refractivity contribution is 6.31. The number of halogens is 1. The second-order valence-corrected chi connectivity index (χ2v) is 4.11. The van der Waals surface area contributed by atoms with Crippen LogP contribution in [-0.2, 0) is 0 Å². The third-order valence-corrected chi connectivity index (χ3v) is 2.66. The summed E-state index contributed by atoms with van der Waals surface area (Å²) in [5, 5.41) is 0.588. The van der Waals surface area contributed by atoms with Gasteiger partial charge in [0.2, 0.25) is 0 Å². The first kappa shape index (κ1) is 12.8. The van der Waals surface area contributed by atoms with Gasteiger partial charge in [-0.15, -0.1) is 6.58 Å². The predicted octanol–water partition coefficient (Wildman–Crippen LogP) is 3.55. The Hall–Kier alpha value is -1.28. The quantitative estimate of drug-likeness (QED) is 0.428. The van der Waals surface area contributed by atoms with E-state index in [0.29, 0.717) is 10.6 Å². The van der Waals surface area contributed by atoms with Gasteiger partial charge in [-0.25, -0.2) is 0 Å². The Bertz CT molecular complexity index is 376. The van der Waals surface area contributed by atoms with Crippen molar-refractivity contribution < 1.29 is 4.79 Å². The fraction of sp³-hybridized carbons (Fsp3) is 0.308. The molecule has 0 N–H and O–H groups in total. The summed E-state index contributed by atoms with van der Waals surface area (Å²) >= 11 is 5.84. The van der Waals surface area contributed by atoms with Crippen LogP contribution in [0.25, 0.3) is 0 Å². The van der Waals surface area contributed by atoms with Gasteiger partial charge in [0.1, 0.15) is 0 Å². The first-order chi connectivity index (χ1) is 7.69. The number of unbranched alkanes of at least 4 members (excludes halogenated alkanes) is 1. The molecule has 0 aliphatic heterocycles.